The molecular weight excluding hydrogens is 414 g/mol. The van der Waals surface area contributed by atoms with Gasteiger partial charge in [-0.2, -0.15) is 0 Å². The van der Waals surface area contributed by atoms with Gasteiger partial charge in [-0.05, 0) is 65.2 Å². The van der Waals surface area contributed by atoms with E-state index in [1.165, 1.54) is 11.3 Å². The van der Waals surface area contributed by atoms with Gasteiger partial charge in [-0.3, -0.25) is 9.69 Å². The number of hydrogen-bond acceptors (Lipinski definition) is 7. The van der Waals surface area contributed by atoms with E-state index in [0.29, 0.717) is 28.7 Å². The van der Waals surface area contributed by atoms with Gasteiger partial charge in [-0.1, -0.05) is 11.3 Å². The lowest BCUT2D eigenvalue weighted by atomic mass is 10.2. The Labute approximate surface area is 186 Å². The average molecular weight is 442 g/mol. The van der Waals surface area contributed by atoms with E-state index >= 15 is 0 Å². The normalized spacial score (nSPS) is 12.7. The monoisotopic (exact) mass is 441 g/mol. The Morgan fingerprint density at radius 1 is 1.13 bits per heavy atom. The maximum Gasteiger partial charge on any atom is 0.260 e. The van der Waals surface area contributed by atoms with Crippen molar-refractivity contribution in [3.05, 3.63) is 42.0 Å². The Hall–Kier alpha value is -2.84. The summed E-state index contributed by atoms with van der Waals surface area (Å²) < 4.78 is 17.6. The van der Waals surface area contributed by atoms with Gasteiger partial charge in [0.15, 0.2) is 16.6 Å². The molecule has 3 aromatic rings. The summed E-state index contributed by atoms with van der Waals surface area (Å²) in [5, 5.41) is 0.671. The molecule has 0 aliphatic carbocycles. The van der Waals surface area contributed by atoms with Gasteiger partial charge in [0.25, 0.3) is 5.91 Å². The van der Waals surface area contributed by atoms with E-state index in [1.807, 2.05) is 64.3 Å². The number of ether oxygens (including phenoxy) is 3. The van der Waals surface area contributed by atoms with Crippen molar-refractivity contribution in [3.8, 4) is 17.2 Å². The Morgan fingerprint density at radius 2 is 1.84 bits per heavy atom. The first kappa shape index (κ1) is 21.4. The lowest BCUT2D eigenvalue weighted by Crippen LogP contribution is -2.33. The number of amides is 1. The van der Waals surface area contributed by atoms with Gasteiger partial charge in [-0.15, -0.1) is 0 Å². The van der Waals surface area contributed by atoms with Crippen molar-refractivity contribution < 1.29 is 19.0 Å². The number of thiazole rings is 1. The summed E-state index contributed by atoms with van der Waals surface area (Å²) in [6, 6.07) is 11.1. The van der Waals surface area contributed by atoms with Gasteiger partial charge >= 0.3 is 0 Å². The van der Waals surface area contributed by atoms with E-state index < -0.39 is 0 Å². The van der Waals surface area contributed by atoms with Crippen LogP contribution in [0.5, 0.6) is 17.2 Å². The molecule has 2 heterocycles. The first-order valence-corrected chi connectivity index (χ1v) is 11.2. The van der Waals surface area contributed by atoms with E-state index in [2.05, 4.69) is 4.90 Å². The molecule has 1 aromatic heterocycles. The van der Waals surface area contributed by atoms with Crippen molar-refractivity contribution in [2.45, 2.75) is 26.4 Å². The van der Waals surface area contributed by atoms with Gasteiger partial charge in [0.2, 0.25) is 6.79 Å². The van der Waals surface area contributed by atoms with Crippen LogP contribution in [0.2, 0.25) is 0 Å². The maximum absolute atomic E-state index is 13.4. The molecule has 0 bridgehead atoms. The van der Waals surface area contributed by atoms with Gasteiger partial charge in [0.05, 0.1) is 16.3 Å². The third kappa shape index (κ3) is 4.91. The molecule has 1 amide bonds. The molecule has 1 aliphatic rings. The molecule has 8 heteroatoms. The Kier molecular flexibility index (Phi) is 6.29. The molecule has 0 fully saturated rings. The molecular formula is C23H27N3O4S. The van der Waals surface area contributed by atoms with Crippen LogP contribution in [0.15, 0.2) is 36.4 Å². The summed E-state index contributed by atoms with van der Waals surface area (Å²) in [5.41, 5.74) is 1.41. The van der Waals surface area contributed by atoms with E-state index in [4.69, 9.17) is 19.2 Å². The zero-order chi connectivity index (χ0) is 22.0. The van der Waals surface area contributed by atoms with Crippen LogP contribution in [0.1, 0.15) is 30.6 Å². The van der Waals surface area contributed by atoms with E-state index in [-0.39, 0.29) is 18.8 Å². The third-order valence-electron chi connectivity index (χ3n) is 4.81. The zero-order valence-corrected chi connectivity index (χ0v) is 19.1. The van der Waals surface area contributed by atoms with E-state index in [0.717, 1.165) is 28.9 Å². The predicted molar refractivity (Wildman–Crippen MR) is 123 cm³/mol. The van der Waals surface area contributed by atoms with Gasteiger partial charge in [0.1, 0.15) is 5.75 Å². The van der Waals surface area contributed by atoms with Gasteiger partial charge in [0, 0.05) is 24.2 Å². The predicted octanol–water partition coefficient (Wildman–Crippen LogP) is 4.41. The van der Waals surface area contributed by atoms with Crippen LogP contribution >= 0.6 is 11.3 Å². The molecule has 0 atom stereocenters. The van der Waals surface area contributed by atoms with E-state index in [9.17, 15) is 4.79 Å². The highest BCUT2D eigenvalue weighted by Crippen LogP contribution is 2.40. The molecule has 0 N–H and O–H groups in total. The number of nitrogens with zero attached hydrogens (tertiary/aromatic N) is 3. The third-order valence-corrected chi connectivity index (χ3v) is 5.85. The van der Waals surface area contributed by atoms with Crippen LogP contribution in [0, 0.1) is 0 Å². The highest BCUT2D eigenvalue weighted by molar-refractivity contribution is 7.22. The molecule has 1 aliphatic heterocycles. The van der Waals surface area contributed by atoms with Crippen LogP contribution in [0.4, 0.5) is 5.13 Å². The number of aromatic nitrogens is 1. The van der Waals surface area contributed by atoms with Gasteiger partial charge in [-0.25, -0.2) is 4.98 Å². The second-order valence-corrected chi connectivity index (χ2v) is 8.98. The van der Waals surface area contributed by atoms with Crippen LogP contribution in [0.25, 0.3) is 10.2 Å². The van der Waals surface area contributed by atoms with Crippen LogP contribution in [-0.2, 0) is 0 Å². The SMILES string of the molecule is CC(C)Oc1ccc(C(=O)N(CCCN(C)C)c2nc3cc4c(cc3s2)OCO4)cc1. The topological polar surface area (TPSA) is 64.1 Å². The standard InChI is InChI=1S/C23H27N3O4S/c1-15(2)30-17-8-6-16(7-9-17)22(27)26(11-5-10-25(3)4)23-24-18-12-19-20(29-14-28-19)13-21(18)31-23/h6-9,12-13,15H,5,10-11,14H2,1-4H3. The summed E-state index contributed by atoms with van der Waals surface area (Å²) in [5.74, 6) is 2.08. The summed E-state index contributed by atoms with van der Waals surface area (Å²) in [4.78, 5) is 22.0. The van der Waals surface area contributed by atoms with Crippen LogP contribution in [0.3, 0.4) is 0 Å². The number of carbonyl (C=O) groups is 1. The minimum absolute atomic E-state index is 0.0750. The quantitative estimate of drug-likeness (QED) is 0.516. The fourth-order valence-electron chi connectivity index (χ4n) is 3.35. The first-order valence-electron chi connectivity index (χ1n) is 10.3. The lowest BCUT2D eigenvalue weighted by Gasteiger charge is -2.21. The van der Waals surface area contributed by atoms with Crippen molar-refractivity contribution in [3.63, 3.8) is 0 Å². The highest BCUT2D eigenvalue weighted by atomic mass is 32.1. The number of rotatable bonds is 8. The molecule has 31 heavy (non-hydrogen) atoms. The molecule has 0 radical (unpaired) electrons. The number of benzene rings is 2. The Morgan fingerprint density at radius 3 is 2.52 bits per heavy atom. The first-order chi connectivity index (χ1) is 14.9. The Balaban J connectivity index is 1.62. The zero-order valence-electron chi connectivity index (χ0n) is 18.3. The summed E-state index contributed by atoms with van der Waals surface area (Å²) in [7, 11) is 4.05. The largest absolute Gasteiger partial charge is 0.491 e. The highest BCUT2D eigenvalue weighted by Gasteiger charge is 2.23. The van der Waals surface area contributed by atoms with Crippen molar-refractivity contribution in [1.82, 2.24) is 9.88 Å². The fourth-order valence-corrected chi connectivity index (χ4v) is 4.35. The molecule has 0 saturated heterocycles. The second kappa shape index (κ2) is 9.11. The van der Waals surface area contributed by atoms with Crippen molar-refractivity contribution in [2.75, 3.05) is 38.9 Å². The number of hydrogen-bond donors (Lipinski definition) is 0. The molecule has 0 unspecified atom stereocenters. The number of carbonyl (C=O) groups excluding carboxylic acids is 1. The van der Waals surface area contributed by atoms with Crippen molar-refractivity contribution in [2.24, 2.45) is 0 Å². The summed E-state index contributed by atoms with van der Waals surface area (Å²) >= 11 is 1.48. The smallest absolute Gasteiger partial charge is 0.260 e. The van der Waals surface area contributed by atoms with Crippen LogP contribution < -0.4 is 19.1 Å². The summed E-state index contributed by atoms with van der Waals surface area (Å²) in [6.45, 7) is 5.64. The van der Waals surface area contributed by atoms with Crippen LogP contribution in [-0.4, -0.2) is 55.9 Å². The molecule has 0 saturated carbocycles. The fraction of sp³-hybridized carbons (Fsp3) is 0.391. The summed E-state index contributed by atoms with van der Waals surface area (Å²) in [6.07, 6.45) is 0.924. The van der Waals surface area contributed by atoms with Crippen molar-refractivity contribution >= 4 is 32.6 Å². The molecule has 7 nitrogen and oxygen atoms in total. The number of fused-ring (bicyclic) bond motifs is 2. The lowest BCUT2D eigenvalue weighted by molar-refractivity contribution is 0.0986. The van der Waals surface area contributed by atoms with E-state index in [1.54, 1.807) is 4.90 Å². The van der Waals surface area contributed by atoms with Gasteiger partial charge < -0.3 is 19.1 Å². The molecule has 164 valence electrons. The number of anilines is 1. The maximum atomic E-state index is 13.4. The van der Waals surface area contributed by atoms with Crippen molar-refractivity contribution in [1.29, 1.82) is 0 Å². The molecule has 2 aromatic carbocycles. The minimum Gasteiger partial charge on any atom is -0.491 e. The molecule has 4 rings (SSSR count). The molecule has 0 spiro atoms. The second-order valence-electron chi connectivity index (χ2n) is 7.97. The minimum atomic E-state index is -0.0750. The Bertz CT molecular complexity index is 1020. The average Bonchev–Trinajstić information content (AvgIpc) is 3.34.